The normalized spacial score (nSPS) is 16.5. The fourth-order valence-electron chi connectivity index (χ4n) is 5.35. The molecule has 188 valence electrons. The first-order valence-electron chi connectivity index (χ1n) is 13.0. The highest BCUT2D eigenvalue weighted by Crippen LogP contribution is 2.31. The number of anilines is 3. The maximum absolute atomic E-state index is 13.5. The largest absolute Gasteiger partial charge is 0.368 e. The number of fused-ring (bicyclic) bond motifs is 1. The molecule has 36 heavy (non-hydrogen) atoms. The number of amides is 1. The minimum absolute atomic E-state index is 0.114. The van der Waals surface area contributed by atoms with E-state index in [1.165, 1.54) is 5.69 Å². The molecule has 1 atom stereocenters. The van der Waals surface area contributed by atoms with Gasteiger partial charge in [0.1, 0.15) is 5.82 Å². The van der Waals surface area contributed by atoms with Crippen molar-refractivity contribution in [2.24, 2.45) is 0 Å². The quantitative estimate of drug-likeness (QED) is 0.528. The second-order valence-electron chi connectivity index (χ2n) is 9.86. The van der Waals surface area contributed by atoms with Crippen LogP contribution in [0.25, 0.3) is 0 Å². The van der Waals surface area contributed by atoms with Crippen LogP contribution in [0.5, 0.6) is 0 Å². The summed E-state index contributed by atoms with van der Waals surface area (Å²) >= 11 is 0. The molecular formula is C29H36N6O. The van der Waals surface area contributed by atoms with Crippen molar-refractivity contribution in [1.29, 1.82) is 0 Å². The molecule has 1 saturated heterocycles. The summed E-state index contributed by atoms with van der Waals surface area (Å²) in [7, 11) is 4.05. The molecule has 0 saturated carbocycles. The van der Waals surface area contributed by atoms with E-state index < -0.39 is 0 Å². The summed E-state index contributed by atoms with van der Waals surface area (Å²) in [5, 5.41) is 0. The maximum atomic E-state index is 13.5. The van der Waals surface area contributed by atoms with Gasteiger partial charge < -0.3 is 19.6 Å². The van der Waals surface area contributed by atoms with Crippen LogP contribution in [0.3, 0.4) is 0 Å². The van der Waals surface area contributed by atoms with Crippen molar-refractivity contribution in [3.63, 3.8) is 0 Å². The van der Waals surface area contributed by atoms with E-state index in [1.54, 1.807) is 0 Å². The molecule has 0 spiro atoms. The van der Waals surface area contributed by atoms with Gasteiger partial charge in [-0.15, -0.1) is 0 Å². The standard InChI is InChI=1S/C29H36N6O/c1-4-24(22-11-7-5-8-12-22)28(36)35-16-15-26-25(21-35)27(32(2)3)31-29(30-26)34-19-17-33(18-20-34)23-13-9-6-10-14-23/h5-14,24H,4,15-21H2,1-3H3. The summed E-state index contributed by atoms with van der Waals surface area (Å²) in [4.78, 5) is 32.4. The zero-order valence-electron chi connectivity index (χ0n) is 21.6. The average molecular weight is 485 g/mol. The number of rotatable bonds is 6. The van der Waals surface area contributed by atoms with Crippen molar-refractivity contribution >= 4 is 23.4 Å². The summed E-state index contributed by atoms with van der Waals surface area (Å²) in [5.41, 5.74) is 4.51. The fraction of sp³-hybridized carbons (Fsp3) is 0.414. The van der Waals surface area contributed by atoms with Gasteiger partial charge in [-0.1, -0.05) is 55.5 Å². The minimum Gasteiger partial charge on any atom is -0.368 e. The summed E-state index contributed by atoms with van der Waals surface area (Å²) < 4.78 is 0. The minimum atomic E-state index is -0.114. The van der Waals surface area contributed by atoms with Crippen LogP contribution in [0.2, 0.25) is 0 Å². The highest BCUT2D eigenvalue weighted by molar-refractivity contribution is 5.84. The Morgan fingerprint density at radius 3 is 2.17 bits per heavy atom. The van der Waals surface area contributed by atoms with E-state index in [9.17, 15) is 4.79 Å². The van der Waals surface area contributed by atoms with Gasteiger partial charge in [-0.3, -0.25) is 4.79 Å². The summed E-state index contributed by atoms with van der Waals surface area (Å²) in [6, 6.07) is 20.7. The predicted molar refractivity (Wildman–Crippen MR) is 146 cm³/mol. The lowest BCUT2D eigenvalue weighted by atomic mass is 9.93. The lowest BCUT2D eigenvalue weighted by Gasteiger charge is -2.37. The predicted octanol–water partition coefficient (Wildman–Crippen LogP) is 3.95. The number of piperazine rings is 1. The van der Waals surface area contributed by atoms with E-state index in [2.05, 4.69) is 64.1 Å². The molecule has 0 aliphatic carbocycles. The molecule has 2 aromatic carbocycles. The van der Waals surface area contributed by atoms with Gasteiger partial charge in [-0.2, -0.15) is 4.98 Å². The Morgan fingerprint density at radius 1 is 0.889 bits per heavy atom. The molecule has 1 amide bonds. The van der Waals surface area contributed by atoms with Crippen molar-refractivity contribution < 1.29 is 4.79 Å². The lowest BCUT2D eigenvalue weighted by molar-refractivity contribution is -0.133. The number of aromatic nitrogens is 2. The van der Waals surface area contributed by atoms with Gasteiger partial charge in [0.2, 0.25) is 11.9 Å². The highest BCUT2D eigenvalue weighted by Gasteiger charge is 2.31. The molecule has 2 aliphatic heterocycles. The average Bonchev–Trinajstić information content (AvgIpc) is 2.93. The highest BCUT2D eigenvalue weighted by atomic mass is 16.2. The molecule has 0 radical (unpaired) electrons. The zero-order chi connectivity index (χ0) is 25.1. The van der Waals surface area contributed by atoms with Crippen LogP contribution in [0.1, 0.15) is 36.1 Å². The third-order valence-electron chi connectivity index (χ3n) is 7.35. The van der Waals surface area contributed by atoms with Gasteiger partial charge in [-0.05, 0) is 24.1 Å². The molecule has 2 aliphatic rings. The molecule has 0 N–H and O–H groups in total. The van der Waals surface area contributed by atoms with Crippen LogP contribution in [0, 0.1) is 0 Å². The number of para-hydroxylation sites is 1. The summed E-state index contributed by atoms with van der Waals surface area (Å²) in [5.74, 6) is 1.81. The Hall–Kier alpha value is -3.61. The van der Waals surface area contributed by atoms with Crippen LogP contribution in [-0.2, 0) is 17.8 Å². The first kappa shape index (κ1) is 24.1. The van der Waals surface area contributed by atoms with Crippen LogP contribution in [0.4, 0.5) is 17.5 Å². The number of benzene rings is 2. The zero-order valence-corrected chi connectivity index (χ0v) is 21.6. The van der Waals surface area contributed by atoms with E-state index in [4.69, 9.17) is 9.97 Å². The van der Waals surface area contributed by atoms with Crippen molar-refractivity contribution in [2.45, 2.75) is 32.2 Å². The second-order valence-corrected chi connectivity index (χ2v) is 9.86. The van der Waals surface area contributed by atoms with E-state index in [-0.39, 0.29) is 11.8 Å². The van der Waals surface area contributed by atoms with Crippen molar-refractivity contribution in [3.05, 3.63) is 77.5 Å². The van der Waals surface area contributed by atoms with Gasteiger partial charge in [0, 0.05) is 64.5 Å². The monoisotopic (exact) mass is 484 g/mol. The maximum Gasteiger partial charge on any atom is 0.230 e. The van der Waals surface area contributed by atoms with Crippen LogP contribution < -0.4 is 14.7 Å². The molecule has 0 bridgehead atoms. The van der Waals surface area contributed by atoms with Crippen LogP contribution in [-0.4, -0.2) is 67.6 Å². The Kier molecular flexibility index (Phi) is 7.07. The van der Waals surface area contributed by atoms with Gasteiger partial charge in [-0.25, -0.2) is 4.98 Å². The second kappa shape index (κ2) is 10.6. The third-order valence-corrected chi connectivity index (χ3v) is 7.35. The Balaban J connectivity index is 1.34. The molecule has 1 unspecified atom stereocenters. The fourth-order valence-corrected chi connectivity index (χ4v) is 5.35. The Bertz CT molecular complexity index is 1180. The van der Waals surface area contributed by atoms with Gasteiger partial charge in [0.25, 0.3) is 0 Å². The van der Waals surface area contributed by atoms with E-state index >= 15 is 0 Å². The molecule has 7 heteroatoms. The van der Waals surface area contributed by atoms with E-state index in [0.717, 1.165) is 67.6 Å². The molecule has 7 nitrogen and oxygen atoms in total. The SMILES string of the molecule is CCC(C(=O)N1CCc2nc(N3CCN(c4ccccc4)CC3)nc(N(C)C)c2C1)c1ccccc1. The Morgan fingerprint density at radius 2 is 1.53 bits per heavy atom. The van der Waals surface area contributed by atoms with Crippen molar-refractivity contribution in [1.82, 2.24) is 14.9 Å². The first-order valence-corrected chi connectivity index (χ1v) is 13.0. The van der Waals surface area contributed by atoms with Gasteiger partial charge >= 0.3 is 0 Å². The van der Waals surface area contributed by atoms with Crippen molar-refractivity contribution in [3.8, 4) is 0 Å². The molecule has 5 rings (SSSR count). The van der Waals surface area contributed by atoms with E-state index in [0.29, 0.717) is 13.1 Å². The van der Waals surface area contributed by atoms with Crippen molar-refractivity contribution in [2.75, 3.05) is 61.5 Å². The molecular weight excluding hydrogens is 448 g/mol. The molecule has 1 aromatic heterocycles. The summed E-state index contributed by atoms with van der Waals surface area (Å²) in [6.45, 7) is 7.02. The number of hydrogen-bond acceptors (Lipinski definition) is 6. The van der Waals surface area contributed by atoms with Gasteiger partial charge in [0.15, 0.2) is 0 Å². The van der Waals surface area contributed by atoms with Crippen LogP contribution >= 0.6 is 0 Å². The number of carbonyl (C=O) groups is 1. The molecule has 3 heterocycles. The number of hydrogen-bond donors (Lipinski definition) is 0. The molecule has 1 fully saturated rings. The molecule has 3 aromatic rings. The third kappa shape index (κ3) is 4.87. The van der Waals surface area contributed by atoms with E-state index in [1.807, 2.05) is 37.2 Å². The summed E-state index contributed by atoms with van der Waals surface area (Å²) in [6.07, 6.45) is 1.55. The first-order chi connectivity index (χ1) is 17.5. The smallest absolute Gasteiger partial charge is 0.230 e. The topological polar surface area (TPSA) is 55.8 Å². The lowest BCUT2D eigenvalue weighted by Crippen LogP contribution is -2.47. The van der Waals surface area contributed by atoms with Gasteiger partial charge in [0.05, 0.1) is 18.2 Å². The number of carbonyl (C=O) groups excluding carboxylic acids is 1. The number of nitrogens with zero attached hydrogens (tertiary/aromatic N) is 6. The Labute approximate surface area is 214 Å². The van der Waals surface area contributed by atoms with Crippen LogP contribution in [0.15, 0.2) is 60.7 Å².